The Morgan fingerprint density at radius 1 is 1.37 bits per heavy atom. The smallest absolute Gasteiger partial charge is 0.221 e. The van der Waals surface area contributed by atoms with Crippen molar-refractivity contribution in [3.05, 3.63) is 35.9 Å². The van der Waals surface area contributed by atoms with Crippen LogP contribution in [0, 0.1) is 0 Å². The third kappa shape index (κ3) is 4.02. The third-order valence-corrected chi connectivity index (χ3v) is 3.70. The minimum atomic E-state index is 0.465. The Morgan fingerprint density at radius 3 is 2.79 bits per heavy atom. The van der Waals surface area contributed by atoms with Gasteiger partial charge in [-0.25, -0.2) is 5.43 Å². The van der Waals surface area contributed by atoms with Crippen LogP contribution >= 0.6 is 0 Å². The molecule has 0 radical (unpaired) electrons. The Kier molecular flexibility index (Phi) is 5.32. The van der Waals surface area contributed by atoms with Gasteiger partial charge >= 0.3 is 0 Å². The number of benzene rings is 1. The van der Waals surface area contributed by atoms with Crippen molar-refractivity contribution in [2.24, 2.45) is 0 Å². The van der Waals surface area contributed by atoms with E-state index in [9.17, 15) is 4.79 Å². The summed E-state index contributed by atoms with van der Waals surface area (Å²) < 4.78 is 0. The highest BCUT2D eigenvalue weighted by Crippen LogP contribution is 2.24. The zero-order valence-corrected chi connectivity index (χ0v) is 11.3. The first kappa shape index (κ1) is 14.0. The van der Waals surface area contributed by atoms with Crippen molar-refractivity contribution in [3.8, 4) is 0 Å². The second-order valence-electron chi connectivity index (χ2n) is 4.96. The summed E-state index contributed by atoms with van der Waals surface area (Å²) in [6.45, 7) is 1.62. The van der Waals surface area contributed by atoms with Gasteiger partial charge in [-0.15, -0.1) is 0 Å². The maximum Gasteiger partial charge on any atom is 0.221 e. The minimum Gasteiger partial charge on any atom is -0.308 e. The summed E-state index contributed by atoms with van der Waals surface area (Å²) >= 11 is 0. The number of hydrogen-bond acceptors (Lipinski definition) is 4. The molecule has 1 aromatic carbocycles. The molecule has 0 aromatic heterocycles. The number of rotatable bonds is 6. The van der Waals surface area contributed by atoms with Crippen molar-refractivity contribution >= 4 is 6.41 Å². The summed E-state index contributed by atoms with van der Waals surface area (Å²) in [5.74, 6) is 0. The van der Waals surface area contributed by atoms with Crippen LogP contribution in [0.15, 0.2) is 30.3 Å². The monoisotopic (exact) mass is 262 g/mol. The zero-order valence-electron chi connectivity index (χ0n) is 11.3. The molecule has 0 bridgehead atoms. The molecule has 0 spiro atoms. The van der Waals surface area contributed by atoms with Gasteiger partial charge in [0.2, 0.25) is 6.41 Å². The first-order valence-electron chi connectivity index (χ1n) is 6.72. The van der Waals surface area contributed by atoms with E-state index in [1.807, 2.05) is 0 Å². The van der Waals surface area contributed by atoms with E-state index in [1.54, 1.807) is 0 Å². The summed E-state index contributed by atoms with van der Waals surface area (Å²) in [5, 5.41) is 3.60. The van der Waals surface area contributed by atoms with E-state index < -0.39 is 0 Å². The molecular weight excluding hydrogens is 240 g/mol. The highest BCUT2D eigenvalue weighted by Gasteiger charge is 2.23. The highest BCUT2D eigenvalue weighted by atomic mass is 16.1. The highest BCUT2D eigenvalue weighted by molar-refractivity contribution is 5.44. The molecule has 2 rings (SSSR count). The number of hydrazine groups is 1. The summed E-state index contributed by atoms with van der Waals surface area (Å²) in [4.78, 5) is 12.4. The molecule has 2 unspecified atom stereocenters. The third-order valence-electron chi connectivity index (χ3n) is 3.70. The van der Waals surface area contributed by atoms with Crippen LogP contribution in [0.5, 0.6) is 0 Å². The largest absolute Gasteiger partial charge is 0.308 e. The van der Waals surface area contributed by atoms with Crippen LogP contribution in [-0.4, -0.2) is 37.6 Å². The van der Waals surface area contributed by atoms with Crippen LogP contribution < -0.4 is 16.2 Å². The van der Waals surface area contributed by atoms with Gasteiger partial charge in [0.25, 0.3) is 0 Å². The summed E-state index contributed by atoms with van der Waals surface area (Å²) in [7, 11) is 2.06. The average Bonchev–Trinajstić information content (AvgIpc) is 2.48. The van der Waals surface area contributed by atoms with E-state index >= 15 is 0 Å². The fourth-order valence-corrected chi connectivity index (χ4v) is 2.53. The molecule has 1 heterocycles. The van der Waals surface area contributed by atoms with Crippen LogP contribution in [0.3, 0.4) is 0 Å². The molecule has 2 atom stereocenters. The Labute approximate surface area is 114 Å². The minimum absolute atomic E-state index is 0.465. The lowest BCUT2D eigenvalue weighted by atomic mass is 9.94. The van der Waals surface area contributed by atoms with Gasteiger partial charge in [-0.3, -0.25) is 15.1 Å². The molecule has 104 valence electrons. The number of hydrogen-bond donors (Lipinski definition) is 3. The maximum atomic E-state index is 10.2. The zero-order chi connectivity index (χ0) is 13.5. The van der Waals surface area contributed by atoms with Gasteiger partial charge < -0.3 is 5.32 Å². The molecule has 1 amide bonds. The fraction of sp³-hybridized carbons (Fsp3) is 0.500. The van der Waals surface area contributed by atoms with E-state index in [-0.39, 0.29) is 0 Å². The molecule has 0 saturated carbocycles. The normalized spacial score (nSPS) is 23.3. The van der Waals surface area contributed by atoms with E-state index in [2.05, 4.69) is 58.4 Å². The average molecular weight is 262 g/mol. The van der Waals surface area contributed by atoms with Gasteiger partial charge in [0, 0.05) is 18.6 Å². The molecule has 1 aromatic rings. The van der Waals surface area contributed by atoms with Gasteiger partial charge in [0.1, 0.15) is 0 Å². The van der Waals surface area contributed by atoms with E-state index in [0.29, 0.717) is 25.2 Å². The van der Waals surface area contributed by atoms with Crippen molar-refractivity contribution in [2.75, 3.05) is 20.3 Å². The maximum absolute atomic E-state index is 10.2. The van der Waals surface area contributed by atoms with Gasteiger partial charge in [0.05, 0.1) is 6.67 Å². The fourth-order valence-electron chi connectivity index (χ4n) is 2.53. The van der Waals surface area contributed by atoms with E-state index in [1.165, 1.54) is 5.56 Å². The van der Waals surface area contributed by atoms with E-state index in [0.717, 1.165) is 19.4 Å². The molecule has 0 aliphatic carbocycles. The van der Waals surface area contributed by atoms with Gasteiger partial charge in [0.15, 0.2) is 0 Å². The SMILES string of the molecule is CN(CNNC=O)C1CCC(c2ccccc2)NC1. The molecule has 1 aliphatic heterocycles. The van der Waals surface area contributed by atoms with Crippen molar-refractivity contribution < 1.29 is 4.79 Å². The summed E-state index contributed by atoms with van der Waals surface area (Å²) in [6.07, 6.45) is 2.95. The molecule has 1 fully saturated rings. The molecule has 5 nitrogen and oxygen atoms in total. The molecular formula is C14H22N4O. The molecule has 3 N–H and O–H groups in total. The molecule has 1 saturated heterocycles. The molecule has 5 heteroatoms. The summed E-state index contributed by atoms with van der Waals surface area (Å²) in [5.41, 5.74) is 6.68. The van der Waals surface area contributed by atoms with Gasteiger partial charge in [-0.1, -0.05) is 30.3 Å². The Morgan fingerprint density at radius 2 is 2.16 bits per heavy atom. The predicted octanol–water partition coefficient (Wildman–Crippen LogP) is 0.620. The number of carbonyl (C=O) groups excluding carboxylic acids is 1. The number of nitrogens with one attached hydrogen (secondary N) is 3. The van der Waals surface area contributed by atoms with Crippen LogP contribution in [0.4, 0.5) is 0 Å². The lowest BCUT2D eigenvalue weighted by Crippen LogP contribution is -2.50. The second kappa shape index (κ2) is 7.23. The predicted molar refractivity (Wildman–Crippen MR) is 75.2 cm³/mol. The van der Waals surface area contributed by atoms with Crippen molar-refractivity contribution in [3.63, 3.8) is 0 Å². The van der Waals surface area contributed by atoms with Crippen LogP contribution in [0.1, 0.15) is 24.4 Å². The first-order valence-corrected chi connectivity index (χ1v) is 6.72. The van der Waals surface area contributed by atoms with Crippen LogP contribution in [0.2, 0.25) is 0 Å². The topological polar surface area (TPSA) is 56.4 Å². The van der Waals surface area contributed by atoms with Gasteiger partial charge in [-0.05, 0) is 25.5 Å². The number of nitrogens with zero attached hydrogens (tertiary/aromatic N) is 1. The van der Waals surface area contributed by atoms with E-state index in [4.69, 9.17) is 0 Å². The summed E-state index contributed by atoms with van der Waals surface area (Å²) in [6, 6.07) is 11.5. The van der Waals surface area contributed by atoms with Gasteiger partial charge in [-0.2, -0.15) is 0 Å². The van der Waals surface area contributed by atoms with Crippen molar-refractivity contribution in [1.29, 1.82) is 0 Å². The van der Waals surface area contributed by atoms with Crippen molar-refractivity contribution in [2.45, 2.75) is 24.9 Å². The van der Waals surface area contributed by atoms with Crippen LogP contribution in [-0.2, 0) is 4.79 Å². The first-order chi connectivity index (χ1) is 9.31. The Bertz CT molecular complexity index is 376. The number of carbonyl (C=O) groups is 1. The number of piperidine rings is 1. The standard InChI is InChI=1S/C14H22N4O/c1-18(10-16-17-11-19)13-7-8-14(15-9-13)12-5-3-2-4-6-12/h2-6,11,13-16H,7-10H2,1H3,(H,17,19). The lowest BCUT2D eigenvalue weighted by Gasteiger charge is -2.35. The number of amides is 1. The Balaban J connectivity index is 1.77. The quantitative estimate of drug-likeness (QED) is 0.304. The second-order valence-corrected chi connectivity index (χ2v) is 4.96. The van der Waals surface area contributed by atoms with Crippen LogP contribution in [0.25, 0.3) is 0 Å². The molecule has 19 heavy (non-hydrogen) atoms. The Hall–Kier alpha value is -1.43. The number of likely N-dealkylation sites (N-methyl/N-ethyl adjacent to an activating group) is 1. The molecule has 1 aliphatic rings. The van der Waals surface area contributed by atoms with Crippen molar-refractivity contribution in [1.82, 2.24) is 21.1 Å². The lowest BCUT2D eigenvalue weighted by molar-refractivity contribution is -0.110.